The highest BCUT2D eigenvalue weighted by Gasteiger charge is 2.16. The predicted molar refractivity (Wildman–Crippen MR) is 70.2 cm³/mol. The summed E-state index contributed by atoms with van der Waals surface area (Å²) in [7, 11) is 3.23. The van der Waals surface area contributed by atoms with E-state index >= 15 is 0 Å². The molecular formula is C12H20ClNO3. The number of hydrogen-bond donors (Lipinski definition) is 2. The van der Waals surface area contributed by atoms with Crippen LogP contribution in [0, 0.1) is 6.92 Å². The zero-order valence-electron chi connectivity index (χ0n) is 10.4. The van der Waals surface area contributed by atoms with Crippen molar-refractivity contribution in [1.82, 2.24) is 0 Å². The molecule has 0 aliphatic rings. The van der Waals surface area contributed by atoms with Gasteiger partial charge in [0.15, 0.2) is 0 Å². The number of ether oxygens (including phenoxy) is 2. The Bertz CT molecular complexity index is 358. The van der Waals surface area contributed by atoms with Crippen molar-refractivity contribution in [1.29, 1.82) is 0 Å². The molecule has 1 atom stereocenters. The molecule has 0 saturated heterocycles. The normalized spacial score (nSPS) is 11.6. The summed E-state index contributed by atoms with van der Waals surface area (Å²) in [6.45, 7) is 1.99. The first-order valence-electron chi connectivity index (χ1n) is 5.23. The summed E-state index contributed by atoms with van der Waals surface area (Å²) in [6.07, 6.45) is 0.516. The Balaban J connectivity index is 0.00000256. The van der Waals surface area contributed by atoms with Crippen molar-refractivity contribution in [3.05, 3.63) is 23.3 Å². The Morgan fingerprint density at radius 1 is 1.29 bits per heavy atom. The molecule has 17 heavy (non-hydrogen) atoms. The maximum atomic E-state index is 8.89. The van der Waals surface area contributed by atoms with Gasteiger partial charge >= 0.3 is 0 Å². The molecule has 0 aromatic heterocycles. The summed E-state index contributed by atoms with van der Waals surface area (Å²) in [5.74, 6) is 1.51. The number of hydrogen-bond acceptors (Lipinski definition) is 4. The SMILES string of the molecule is COc1ccc(C(N)CCO)c(OC)c1C.Cl. The highest BCUT2D eigenvalue weighted by Crippen LogP contribution is 2.34. The first kappa shape index (κ1) is 16.0. The van der Waals surface area contributed by atoms with Gasteiger partial charge in [-0.15, -0.1) is 12.4 Å². The lowest BCUT2D eigenvalue weighted by molar-refractivity contribution is 0.275. The average molecular weight is 262 g/mol. The van der Waals surface area contributed by atoms with Crippen molar-refractivity contribution in [3.63, 3.8) is 0 Å². The lowest BCUT2D eigenvalue weighted by atomic mass is 10.0. The Morgan fingerprint density at radius 3 is 2.41 bits per heavy atom. The van der Waals surface area contributed by atoms with Crippen molar-refractivity contribution in [2.24, 2.45) is 5.73 Å². The molecule has 0 fully saturated rings. The number of halogens is 1. The van der Waals surface area contributed by atoms with E-state index in [9.17, 15) is 0 Å². The summed E-state index contributed by atoms with van der Waals surface area (Å²) in [6, 6.07) is 3.53. The van der Waals surface area contributed by atoms with Crippen LogP contribution in [0.5, 0.6) is 11.5 Å². The van der Waals surface area contributed by atoms with Gasteiger partial charge in [0.2, 0.25) is 0 Å². The van der Waals surface area contributed by atoms with E-state index in [1.54, 1.807) is 14.2 Å². The van der Waals surface area contributed by atoms with Gasteiger partial charge in [-0.1, -0.05) is 6.07 Å². The molecule has 0 amide bonds. The standard InChI is InChI=1S/C12H19NO3.ClH/c1-8-11(15-2)5-4-9(12(8)16-3)10(13)6-7-14;/h4-5,10,14H,6-7,13H2,1-3H3;1H. The summed E-state index contributed by atoms with van der Waals surface area (Å²) in [5.41, 5.74) is 7.79. The third kappa shape index (κ3) is 3.49. The molecule has 0 radical (unpaired) electrons. The highest BCUT2D eigenvalue weighted by molar-refractivity contribution is 5.85. The van der Waals surface area contributed by atoms with Crippen LogP contribution in [0.3, 0.4) is 0 Å². The molecule has 4 nitrogen and oxygen atoms in total. The van der Waals surface area contributed by atoms with E-state index < -0.39 is 0 Å². The summed E-state index contributed by atoms with van der Waals surface area (Å²) in [5, 5.41) is 8.89. The number of rotatable bonds is 5. The molecule has 0 aliphatic carbocycles. The molecule has 0 bridgehead atoms. The van der Waals surface area contributed by atoms with Gasteiger partial charge in [0.1, 0.15) is 11.5 Å². The topological polar surface area (TPSA) is 64.7 Å². The zero-order chi connectivity index (χ0) is 12.1. The minimum absolute atomic E-state index is 0. The van der Waals surface area contributed by atoms with Gasteiger partial charge < -0.3 is 20.3 Å². The van der Waals surface area contributed by atoms with Crippen LogP contribution >= 0.6 is 12.4 Å². The van der Waals surface area contributed by atoms with E-state index in [0.717, 1.165) is 22.6 Å². The fraction of sp³-hybridized carbons (Fsp3) is 0.500. The van der Waals surface area contributed by atoms with E-state index in [0.29, 0.717) is 6.42 Å². The Morgan fingerprint density at radius 2 is 1.94 bits per heavy atom. The lowest BCUT2D eigenvalue weighted by Gasteiger charge is -2.18. The van der Waals surface area contributed by atoms with Crippen molar-refractivity contribution in [2.75, 3.05) is 20.8 Å². The van der Waals surface area contributed by atoms with Crippen LogP contribution in [0.25, 0.3) is 0 Å². The molecule has 0 spiro atoms. The number of aliphatic hydroxyl groups is 1. The van der Waals surface area contributed by atoms with E-state index in [1.807, 2.05) is 19.1 Å². The molecule has 0 saturated carbocycles. The van der Waals surface area contributed by atoms with Crippen LogP contribution < -0.4 is 15.2 Å². The molecular weight excluding hydrogens is 242 g/mol. The monoisotopic (exact) mass is 261 g/mol. The van der Waals surface area contributed by atoms with E-state index in [1.165, 1.54) is 0 Å². The van der Waals surface area contributed by atoms with Gasteiger partial charge in [0.25, 0.3) is 0 Å². The molecule has 1 rings (SSSR count). The number of methoxy groups -OCH3 is 2. The van der Waals surface area contributed by atoms with Crippen LogP contribution in [0.2, 0.25) is 0 Å². The van der Waals surface area contributed by atoms with Gasteiger partial charge in [0.05, 0.1) is 14.2 Å². The number of nitrogens with two attached hydrogens (primary N) is 1. The van der Waals surface area contributed by atoms with Crippen LogP contribution in [0.1, 0.15) is 23.6 Å². The highest BCUT2D eigenvalue weighted by atomic mass is 35.5. The molecule has 1 aromatic carbocycles. The average Bonchev–Trinajstić information content (AvgIpc) is 2.28. The quantitative estimate of drug-likeness (QED) is 0.849. The smallest absolute Gasteiger partial charge is 0.130 e. The fourth-order valence-corrected chi connectivity index (χ4v) is 1.77. The summed E-state index contributed by atoms with van der Waals surface area (Å²) < 4.78 is 10.6. The van der Waals surface area contributed by atoms with Crippen molar-refractivity contribution < 1.29 is 14.6 Å². The molecule has 0 aliphatic heterocycles. The molecule has 1 aromatic rings. The Hall–Kier alpha value is -0.970. The molecule has 3 N–H and O–H groups in total. The van der Waals surface area contributed by atoms with Gasteiger partial charge in [0, 0.05) is 23.8 Å². The molecule has 1 unspecified atom stereocenters. The van der Waals surface area contributed by atoms with Crippen LogP contribution in [0.15, 0.2) is 12.1 Å². The minimum Gasteiger partial charge on any atom is -0.496 e. The van der Waals surface area contributed by atoms with Gasteiger partial charge in [-0.3, -0.25) is 0 Å². The van der Waals surface area contributed by atoms with Crippen molar-refractivity contribution in [2.45, 2.75) is 19.4 Å². The second-order valence-corrected chi connectivity index (χ2v) is 3.63. The second kappa shape index (κ2) is 7.37. The lowest BCUT2D eigenvalue weighted by Crippen LogP contribution is -2.13. The van der Waals surface area contributed by atoms with Crippen LogP contribution in [0.4, 0.5) is 0 Å². The summed E-state index contributed by atoms with van der Waals surface area (Å²) >= 11 is 0. The maximum Gasteiger partial charge on any atom is 0.130 e. The third-order valence-corrected chi connectivity index (χ3v) is 2.65. The number of aliphatic hydroxyl groups excluding tert-OH is 1. The number of benzene rings is 1. The van der Waals surface area contributed by atoms with E-state index in [4.69, 9.17) is 20.3 Å². The first-order chi connectivity index (χ1) is 7.65. The predicted octanol–water partition coefficient (Wildman–Crippen LogP) is 1.82. The van der Waals surface area contributed by atoms with Crippen LogP contribution in [-0.2, 0) is 0 Å². The van der Waals surface area contributed by atoms with E-state index in [-0.39, 0.29) is 25.1 Å². The largest absolute Gasteiger partial charge is 0.496 e. The van der Waals surface area contributed by atoms with Gasteiger partial charge in [-0.2, -0.15) is 0 Å². The van der Waals surface area contributed by atoms with E-state index in [2.05, 4.69) is 0 Å². The molecule has 0 heterocycles. The minimum atomic E-state index is -0.218. The fourth-order valence-electron chi connectivity index (χ4n) is 1.77. The molecule has 98 valence electrons. The summed E-state index contributed by atoms with van der Waals surface area (Å²) in [4.78, 5) is 0. The van der Waals surface area contributed by atoms with Gasteiger partial charge in [-0.05, 0) is 19.4 Å². The van der Waals surface area contributed by atoms with Gasteiger partial charge in [-0.25, -0.2) is 0 Å². The van der Waals surface area contributed by atoms with Crippen molar-refractivity contribution in [3.8, 4) is 11.5 Å². The molecule has 5 heteroatoms. The Labute approximate surface area is 108 Å². The maximum absolute atomic E-state index is 8.89. The first-order valence-corrected chi connectivity index (χ1v) is 5.23. The second-order valence-electron chi connectivity index (χ2n) is 3.63. The van der Waals surface area contributed by atoms with Crippen LogP contribution in [-0.4, -0.2) is 25.9 Å². The zero-order valence-corrected chi connectivity index (χ0v) is 11.2. The van der Waals surface area contributed by atoms with Crippen molar-refractivity contribution >= 4 is 12.4 Å². The third-order valence-electron chi connectivity index (χ3n) is 2.65. The Kier molecular flexibility index (Phi) is 6.95.